The summed E-state index contributed by atoms with van der Waals surface area (Å²) < 4.78 is -12.7. The zero-order valence-electron chi connectivity index (χ0n) is 30.1. The summed E-state index contributed by atoms with van der Waals surface area (Å²) in [4.78, 5) is 0.919. The fourth-order valence-corrected chi connectivity index (χ4v) is 9.83. The van der Waals surface area contributed by atoms with Crippen LogP contribution in [0.25, 0.3) is 0 Å². The van der Waals surface area contributed by atoms with Crippen molar-refractivity contribution in [1.29, 1.82) is 0 Å². The van der Waals surface area contributed by atoms with Gasteiger partial charge in [-0.2, -0.15) is 4.90 Å². The Kier molecular flexibility index (Phi) is 29.0. The molecule has 0 fully saturated rings. The van der Waals surface area contributed by atoms with Gasteiger partial charge in [0.2, 0.25) is 13.4 Å². The maximum absolute atomic E-state index is 7.12. The first-order chi connectivity index (χ1) is 22.8. The van der Waals surface area contributed by atoms with E-state index >= 15 is 0 Å². The van der Waals surface area contributed by atoms with E-state index in [0.717, 1.165) is 62.7 Å². The Hall–Kier alpha value is 3.44. The minimum atomic E-state index is -2.34. The van der Waals surface area contributed by atoms with E-state index in [1.165, 1.54) is 77.0 Å². The normalized spacial score (nSPS) is 14.0. The highest BCUT2D eigenvalue weighted by atomic mass is 35.6. The van der Waals surface area contributed by atoms with Gasteiger partial charge < -0.3 is 0 Å². The molecule has 0 unspecified atom stereocenters. The van der Waals surface area contributed by atoms with E-state index < -0.39 is 26.4 Å². The van der Waals surface area contributed by atoms with Crippen molar-refractivity contribution in [2.24, 2.45) is 0 Å². The molecule has 296 valence electrons. The Balaban J connectivity index is 6.04. The van der Waals surface area contributed by atoms with Crippen LogP contribution in [0.3, 0.4) is 0 Å². The van der Waals surface area contributed by atoms with Crippen molar-refractivity contribution in [3.8, 4) is 0 Å². The monoisotopic (exact) mass is 929 g/mol. The molecule has 0 saturated carbocycles. The highest BCUT2D eigenvalue weighted by molar-refractivity contribution is 6.68. The molecule has 0 amide bonds. The van der Waals surface area contributed by atoms with Gasteiger partial charge in [-0.05, 0) is 19.3 Å². The van der Waals surface area contributed by atoms with E-state index in [2.05, 4.69) is 20.8 Å². The summed E-state index contributed by atoms with van der Waals surface area (Å²) in [6, 6.07) is 0. The van der Waals surface area contributed by atoms with Crippen LogP contribution in [0, 0.1) is 0 Å². The zero-order chi connectivity index (χ0) is 37.7. The van der Waals surface area contributed by atoms with Crippen molar-refractivity contribution in [2.45, 2.75) is 221 Å². The topological polar surface area (TPSA) is 3.24 Å². The van der Waals surface area contributed by atoms with Crippen LogP contribution in [-0.4, -0.2) is 31.3 Å². The van der Waals surface area contributed by atoms with Gasteiger partial charge in [0.15, 0.2) is 13.0 Å². The number of hydrogen-bond donors (Lipinski definition) is 0. The van der Waals surface area contributed by atoms with Gasteiger partial charge in [-0.25, -0.2) is 0 Å². The van der Waals surface area contributed by atoms with Gasteiger partial charge in [0, 0.05) is 0 Å². The largest absolute Gasteiger partial charge is 0.209 e. The first-order valence-corrected chi connectivity index (χ1v) is 23.4. The van der Waals surface area contributed by atoms with Crippen molar-refractivity contribution >= 4 is 139 Å². The highest BCUT2D eigenvalue weighted by Crippen LogP contribution is 2.64. The Morgan fingerprint density at radius 1 is 0.265 bits per heavy atom. The van der Waals surface area contributed by atoms with Crippen LogP contribution in [0.5, 0.6) is 0 Å². The fraction of sp³-hybridized carbons (Fsp3) is 1.00. The Morgan fingerprint density at radius 2 is 0.429 bits per heavy atom. The van der Waals surface area contributed by atoms with Gasteiger partial charge in [0.05, 0.1) is 0 Å². The third-order valence-corrected chi connectivity index (χ3v) is 16.1. The summed E-state index contributed by atoms with van der Waals surface area (Å²) in [5.74, 6) is 0. The third-order valence-electron chi connectivity index (χ3n) is 9.20. The maximum atomic E-state index is 7.12. The molecule has 0 aromatic rings. The van der Waals surface area contributed by atoms with Gasteiger partial charge in [0.1, 0.15) is 0 Å². The second-order valence-electron chi connectivity index (χ2n) is 13.7. The second-order valence-corrected chi connectivity index (χ2v) is 22.1. The molecule has 0 bridgehead atoms. The first kappa shape index (κ1) is 52.4. The summed E-state index contributed by atoms with van der Waals surface area (Å²) in [6.45, 7) is 6.60. The van der Waals surface area contributed by atoms with E-state index in [4.69, 9.17) is 139 Å². The van der Waals surface area contributed by atoms with Crippen LogP contribution < -0.4 is 0 Å². The molecule has 1 nitrogen and oxygen atoms in total. The van der Waals surface area contributed by atoms with E-state index in [1.54, 1.807) is 0 Å². The molecular formula is C36H63Cl12N. The van der Waals surface area contributed by atoms with Crippen molar-refractivity contribution in [3.63, 3.8) is 0 Å². The third kappa shape index (κ3) is 19.0. The summed E-state index contributed by atoms with van der Waals surface area (Å²) in [5, 5.41) is 0. The molecule has 0 rings (SSSR count). The molecular weight excluding hydrogens is 872 g/mol. The molecule has 0 aliphatic rings. The van der Waals surface area contributed by atoms with Gasteiger partial charge in [0.25, 0.3) is 0 Å². The molecule has 0 atom stereocenters. The van der Waals surface area contributed by atoms with Crippen LogP contribution in [0.15, 0.2) is 0 Å². The second kappa shape index (κ2) is 27.1. The lowest BCUT2D eigenvalue weighted by Crippen LogP contribution is -2.71. The number of alkyl halides is 12. The average Bonchev–Trinajstić information content (AvgIpc) is 3.00. The van der Waals surface area contributed by atoms with Crippen LogP contribution in [0.2, 0.25) is 0 Å². The van der Waals surface area contributed by atoms with Crippen LogP contribution in [0.4, 0.5) is 0 Å². The van der Waals surface area contributed by atoms with E-state index in [-0.39, 0.29) is 19.3 Å². The molecule has 0 N–H and O–H groups in total. The van der Waals surface area contributed by atoms with E-state index in [0.29, 0.717) is 19.3 Å². The Bertz CT molecular complexity index is 715. The molecule has 0 heterocycles. The average molecular weight is 935 g/mol. The van der Waals surface area contributed by atoms with Crippen molar-refractivity contribution in [2.75, 3.05) is 0 Å². The molecule has 0 saturated heterocycles. The predicted octanol–water partition coefficient (Wildman–Crippen LogP) is 18.8. The first-order valence-electron chi connectivity index (χ1n) is 18.9. The number of hydrogen-bond acceptors (Lipinski definition) is 1. The lowest BCUT2D eigenvalue weighted by molar-refractivity contribution is 0.0959. The fourth-order valence-electron chi connectivity index (χ4n) is 5.91. The minimum Gasteiger partial charge on any atom is -0.200 e. The van der Waals surface area contributed by atoms with Crippen LogP contribution in [-0.2, 0) is 0 Å². The van der Waals surface area contributed by atoms with Gasteiger partial charge in [-0.1, -0.05) is 314 Å². The molecule has 0 aliphatic heterocycles. The quantitative estimate of drug-likeness (QED) is 0.0360. The molecule has 0 aromatic heterocycles. The SMILES string of the molecule is CCCCCCCCCCC(Cl)(Cl)C(Cl)(Cl)N(C(Cl)(Cl)C(Cl)(Cl)CCCCCCCCCC)C(Cl)(Cl)C(Cl)(Cl)CCCCCCCCCC. The van der Waals surface area contributed by atoms with Gasteiger partial charge >= 0.3 is 0 Å². The highest BCUT2D eigenvalue weighted by Gasteiger charge is 2.71. The van der Waals surface area contributed by atoms with Crippen LogP contribution in [0.1, 0.15) is 194 Å². The summed E-state index contributed by atoms with van der Waals surface area (Å²) in [7, 11) is 0. The van der Waals surface area contributed by atoms with E-state index in [1.807, 2.05) is 0 Å². The smallest absolute Gasteiger partial charge is 0.200 e. The minimum absolute atomic E-state index is 0.174. The predicted molar refractivity (Wildman–Crippen MR) is 230 cm³/mol. The Morgan fingerprint density at radius 3 is 0.612 bits per heavy atom. The van der Waals surface area contributed by atoms with Crippen molar-refractivity contribution < 1.29 is 0 Å². The van der Waals surface area contributed by atoms with Crippen molar-refractivity contribution in [3.05, 3.63) is 0 Å². The number of halogens is 12. The molecule has 49 heavy (non-hydrogen) atoms. The van der Waals surface area contributed by atoms with Gasteiger partial charge in [-0.15, -0.1) is 0 Å². The zero-order valence-corrected chi connectivity index (χ0v) is 39.1. The lowest BCUT2D eigenvalue weighted by Gasteiger charge is -2.56. The van der Waals surface area contributed by atoms with Crippen LogP contribution >= 0.6 is 139 Å². The molecule has 0 radical (unpaired) electrons. The molecule has 0 aliphatic carbocycles. The number of nitrogens with zero attached hydrogens (tertiary/aromatic N) is 1. The van der Waals surface area contributed by atoms with Gasteiger partial charge in [-0.3, -0.25) is 0 Å². The molecule has 13 heteroatoms. The standard InChI is InChI=1S/C36H63Cl12N/c1-4-7-10-13-16-19-22-25-28-31(37,38)34(43,44)49(35(45,46)32(39,40)29-26-23-20-17-14-11-8-5-2)36(47,48)33(41,42)30-27-24-21-18-15-12-9-6-3/h4-30H2,1-3H3. The Labute approximate surface area is 361 Å². The number of unbranched alkanes of at least 4 members (excludes halogenated alkanes) is 21. The van der Waals surface area contributed by atoms with Crippen molar-refractivity contribution in [1.82, 2.24) is 4.90 Å². The molecule has 0 spiro atoms. The van der Waals surface area contributed by atoms with E-state index in [9.17, 15) is 0 Å². The molecule has 0 aromatic carbocycles. The summed E-state index contributed by atoms with van der Waals surface area (Å²) >= 11 is 84.5. The lowest BCUT2D eigenvalue weighted by atomic mass is 10.0. The maximum Gasteiger partial charge on any atom is 0.209 e. The summed E-state index contributed by atoms with van der Waals surface area (Å²) in [5.41, 5.74) is 0. The summed E-state index contributed by atoms with van der Waals surface area (Å²) in [6.07, 6.45) is 26.0. The number of rotatable bonds is 33.